The highest BCUT2D eigenvalue weighted by atomic mass is 15.2. The second-order valence-electron chi connectivity index (χ2n) is 3.42. The second-order valence-corrected chi connectivity index (χ2v) is 3.42. The van der Waals surface area contributed by atoms with Gasteiger partial charge in [0, 0.05) is 12.6 Å². The first-order valence-corrected chi connectivity index (χ1v) is 4.82. The van der Waals surface area contributed by atoms with Crippen LogP contribution in [0.25, 0.3) is 0 Å². The van der Waals surface area contributed by atoms with Crippen LogP contribution in [0.5, 0.6) is 0 Å². The summed E-state index contributed by atoms with van der Waals surface area (Å²) in [6.45, 7) is 5.64. The molecule has 2 nitrogen and oxygen atoms in total. The SMILES string of the molecule is CCCC(CN)N1CCCC1. The van der Waals surface area contributed by atoms with E-state index in [-0.39, 0.29) is 0 Å². The van der Waals surface area contributed by atoms with Crippen molar-refractivity contribution in [2.75, 3.05) is 19.6 Å². The van der Waals surface area contributed by atoms with Crippen molar-refractivity contribution in [1.82, 2.24) is 4.90 Å². The summed E-state index contributed by atoms with van der Waals surface area (Å²) in [6.07, 6.45) is 5.29. The fourth-order valence-corrected chi connectivity index (χ4v) is 1.89. The Morgan fingerprint density at radius 3 is 2.45 bits per heavy atom. The third-order valence-corrected chi connectivity index (χ3v) is 2.55. The van der Waals surface area contributed by atoms with E-state index in [0.717, 1.165) is 6.54 Å². The lowest BCUT2D eigenvalue weighted by molar-refractivity contribution is 0.234. The third-order valence-electron chi connectivity index (χ3n) is 2.55. The van der Waals surface area contributed by atoms with Crippen LogP contribution in [0.1, 0.15) is 32.6 Å². The van der Waals surface area contributed by atoms with E-state index in [4.69, 9.17) is 5.73 Å². The molecule has 1 aliphatic heterocycles. The molecule has 0 aliphatic carbocycles. The predicted octanol–water partition coefficient (Wildman–Crippen LogP) is 1.21. The fourth-order valence-electron chi connectivity index (χ4n) is 1.89. The Morgan fingerprint density at radius 2 is 2.00 bits per heavy atom. The molecule has 1 rings (SSSR count). The molecule has 1 aliphatic rings. The first-order chi connectivity index (χ1) is 5.38. The van der Waals surface area contributed by atoms with Crippen LogP contribution < -0.4 is 5.73 Å². The zero-order valence-electron chi connectivity index (χ0n) is 7.55. The summed E-state index contributed by atoms with van der Waals surface area (Å²) in [5, 5.41) is 0. The van der Waals surface area contributed by atoms with E-state index in [9.17, 15) is 0 Å². The lowest BCUT2D eigenvalue weighted by atomic mass is 10.1. The molecule has 1 saturated heterocycles. The molecule has 1 heterocycles. The van der Waals surface area contributed by atoms with E-state index in [1.165, 1.54) is 38.8 Å². The van der Waals surface area contributed by atoms with Crippen molar-refractivity contribution in [2.45, 2.75) is 38.6 Å². The van der Waals surface area contributed by atoms with Crippen molar-refractivity contribution in [3.05, 3.63) is 0 Å². The van der Waals surface area contributed by atoms with Gasteiger partial charge in [0.1, 0.15) is 0 Å². The van der Waals surface area contributed by atoms with Crippen molar-refractivity contribution in [3.8, 4) is 0 Å². The van der Waals surface area contributed by atoms with Gasteiger partial charge in [-0.1, -0.05) is 13.3 Å². The molecule has 1 unspecified atom stereocenters. The summed E-state index contributed by atoms with van der Waals surface area (Å²) in [5.41, 5.74) is 5.70. The van der Waals surface area contributed by atoms with Gasteiger partial charge in [-0.05, 0) is 32.4 Å². The maximum absolute atomic E-state index is 5.70. The van der Waals surface area contributed by atoms with E-state index in [1.54, 1.807) is 0 Å². The minimum Gasteiger partial charge on any atom is -0.329 e. The summed E-state index contributed by atoms with van der Waals surface area (Å²) >= 11 is 0. The molecule has 0 aromatic carbocycles. The van der Waals surface area contributed by atoms with Crippen LogP contribution in [0.4, 0.5) is 0 Å². The average molecular weight is 156 g/mol. The average Bonchev–Trinajstić information content (AvgIpc) is 2.52. The molecule has 0 radical (unpaired) electrons. The molecular weight excluding hydrogens is 136 g/mol. The summed E-state index contributed by atoms with van der Waals surface area (Å²) in [5.74, 6) is 0. The van der Waals surface area contributed by atoms with Gasteiger partial charge in [-0.2, -0.15) is 0 Å². The number of nitrogens with two attached hydrogens (primary N) is 1. The second kappa shape index (κ2) is 4.73. The molecule has 0 amide bonds. The lowest BCUT2D eigenvalue weighted by Crippen LogP contribution is -2.38. The number of hydrogen-bond donors (Lipinski definition) is 1. The maximum Gasteiger partial charge on any atom is 0.0218 e. The molecule has 0 aromatic rings. The van der Waals surface area contributed by atoms with Crippen molar-refractivity contribution in [2.24, 2.45) is 5.73 Å². The third kappa shape index (κ3) is 2.46. The topological polar surface area (TPSA) is 29.3 Å². The van der Waals surface area contributed by atoms with Crippen molar-refractivity contribution < 1.29 is 0 Å². The largest absolute Gasteiger partial charge is 0.329 e. The minimum atomic E-state index is 0.669. The van der Waals surface area contributed by atoms with Gasteiger partial charge < -0.3 is 5.73 Å². The van der Waals surface area contributed by atoms with Gasteiger partial charge in [-0.15, -0.1) is 0 Å². The normalized spacial score (nSPS) is 22.4. The van der Waals surface area contributed by atoms with Crippen LogP contribution in [0.15, 0.2) is 0 Å². The van der Waals surface area contributed by atoms with Gasteiger partial charge in [-0.25, -0.2) is 0 Å². The Morgan fingerprint density at radius 1 is 1.36 bits per heavy atom. The van der Waals surface area contributed by atoms with E-state index in [1.807, 2.05) is 0 Å². The summed E-state index contributed by atoms with van der Waals surface area (Å²) < 4.78 is 0. The van der Waals surface area contributed by atoms with Crippen LogP contribution in [-0.4, -0.2) is 30.6 Å². The molecule has 0 aromatic heterocycles. The van der Waals surface area contributed by atoms with Gasteiger partial charge in [0.2, 0.25) is 0 Å². The zero-order chi connectivity index (χ0) is 8.10. The molecular formula is C9H20N2. The molecule has 2 N–H and O–H groups in total. The first-order valence-electron chi connectivity index (χ1n) is 4.82. The van der Waals surface area contributed by atoms with Crippen molar-refractivity contribution in [3.63, 3.8) is 0 Å². The van der Waals surface area contributed by atoms with Crippen LogP contribution in [0.2, 0.25) is 0 Å². The van der Waals surface area contributed by atoms with Crippen LogP contribution in [0, 0.1) is 0 Å². The first kappa shape index (κ1) is 9.01. The number of hydrogen-bond acceptors (Lipinski definition) is 2. The molecule has 66 valence electrons. The molecule has 11 heavy (non-hydrogen) atoms. The maximum atomic E-state index is 5.70. The number of likely N-dealkylation sites (tertiary alicyclic amines) is 1. The van der Waals surface area contributed by atoms with Gasteiger partial charge in [0.05, 0.1) is 0 Å². The quantitative estimate of drug-likeness (QED) is 0.663. The van der Waals surface area contributed by atoms with Crippen LogP contribution >= 0.6 is 0 Å². The summed E-state index contributed by atoms with van der Waals surface area (Å²) in [6, 6.07) is 0.669. The molecule has 0 bridgehead atoms. The monoisotopic (exact) mass is 156 g/mol. The van der Waals surface area contributed by atoms with Gasteiger partial charge in [0.25, 0.3) is 0 Å². The number of rotatable bonds is 4. The Labute approximate surface area is 69.8 Å². The van der Waals surface area contributed by atoms with Gasteiger partial charge >= 0.3 is 0 Å². The molecule has 0 saturated carbocycles. The Kier molecular flexibility index (Phi) is 3.87. The predicted molar refractivity (Wildman–Crippen MR) is 48.6 cm³/mol. The molecule has 1 atom stereocenters. The summed E-state index contributed by atoms with van der Waals surface area (Å²) in [7, 11) is 0. The lowest BCUT2D eigenvalue weighted by Gasteiger charge is -2.25. The number of nitrogens with zero attached hydrogens (tertiary/aromatic N) is 1. The van der Waals surface area contributed by atoms with E-state index >= 15 is 0 Å². The van der Waals surface area contributed by atoms with E-state index in [0.29, 0.717) is 6.04 Å². The van der Waals surface area contributed by atoms with Gasteiger partial charge in [0.15, 0.2) is 0 Å². The zero-order valence-corrected chi connectivity index (χ0v) is 7.55. The molecule has 0 spiro atoms. The Hall–Kier alpha value is -0.0800. The van der Waals surface area contributed by atoms with E-state index in [2.05, 4.69) is 11.8 Å². The highest BCUT2D eigenvalue weighted by molar-refractivity contribution is 4.76. The Bertz CT molecular complexity index is 97.7. The highest BCUT2D eigenvalue weighted by Gasteiger charge is 2.19. The molecule has 2 heteroatoms. The van der Waals surface area contributed by atoms with Crippen molar-refractivity contribution >= 4 is 0 Å². The standard InChI is InChI=1S/C9H20N2/c1-2-5-9(8-10)11-6-3-4-7-11/h9H,2-8,10H2,1H3. The fraction of sp³-hybridized carbons (Fsp3) is 1.00. The van der Waals surface area contributed by atoms with Crippen LogP contribution in [-0.2, 0) is 0 Å². The molecule has 1 fully saturated rings. The van der Waals surface area contributed by atoms with Gasteiger partial charge in [-0.3, -0.25) is 4.90 Å². The van der Waals surface area contributed by atoms with Crippen LogP contribution in [0.3, 0.4) is 0 Å². The van der Waals surface area contributed by atoms with Crippen molar-refractivity contribution in [1.29, 1.82) is 0 Å². The smallest absolute Gasteiger partial charge is 0.0218 e. The Balaban J connectivity index is 2.27. The summed E-state index contributed by atoms with van der Waals surface area (Å²) in [4.78, 5) is 2.55. The minimum absolute atomic E-state index is 0.669. The highest BCUT2D eigenvalue weighted by Crippen LogP contribution is 2.14. The van der Waals surface area contributed by atoms with E-state index < -0.39 is 0 Å².